The number of para-hydroxylation sites is 1. The third kappa shape index (κ3) is 11.2. The number of carbonyl (C=O) groups excluding carboxylic acids is 2. The van der Waals surface area contributed by atoms with Crippen LogP contribution in [0, 0.1) is 0 Å². The number of nitrogens with zero attached hydrogens (tertiary/aromatic N) is 1. The number of rotatable bonds is 17. The van der Waals surface area contributed by atoms with Crippen molar-refractivity contribution in [3.63, 3.8) is 0 Å². The molecular weight excluding hydrogens is 746 g/mol. The third-order valence-electron chi connectivity index (χ3n) is 8.43. The lowest BCUT2D eigenvalue weighted by molar-refractivity contribution is -0.153. The van der Waals surface area contributed by atoms with E-state index in [1.54, 1.807) is 41.3 Å². The molecule has 5 rings (SSSR count). The summed E-state index contributed by atoms with van der Waals surface area (Å²) in [7, 11) is 1.53. The van der Waals surface area contributed by atoms with Crippen molar-refractivity contribution in [2.45, 2.75) is 57.0 Å². The van der Waals surface area contributed by atoms with Gasteiger partial charge in [0.15, 0.2) is 5.75 Å². The Morgan fingerprint density at radius 1 is 0.962 bits per heavy atom. The van der Waals surface area contributed by atoms with Crippen LogP contribution in [0.3, 0.4) is 0 Å². The highest BCUT2D eigenvalue weighted by molar-refractivity contribution is 6.37. The standard InChI is InChI=1S/C37H39Cl3F3N3O6/c1-49-22-50-21-32-34(28(13-14-44-32)24-6-10-27(11-7-24)51-15-16-52-35-30(39)3-2-4-31(35)40)36(48)46(26-8-9-26)20-25-17-23(5-12-29(25)38)19-45-33(47)18-37(41,42)43/h2-7,10-12,17,26,32,44H,8-9,13-16,18-22H2,1H3,(H,45,47)/t32-/m1/s1. The molecule has 2 N–H and O–H groups in total. The van der Waals surface area contributed by atoms with Gasteiger partial charge in [0, 0.05) is 36.8 Å². The van der Waals surface area contributed by atoms with Gasteiger partial charge >= 0.3 is 6.18 Å². The molecule has 52 heavy (non-hydrogen) atoms. The van der Waals surface area contributed by atoms with Crippen molar-refractivity contribution in [2.75, 3.05) is 40.3 Å². The second kappa shape index (κ2) is 18.5. The van der Waals surface area contributed by atoms with E-state index in [0.29, 0.717) is 56.2 Å². The van der Waals surface area contributed by atoms with Crippen LogP contribution in [0.5, 0.6) is 11.5 Å². The Balaban J connectivity index is 1.34. The van der Waals surface area contributed by atoms with Crippen LogP contribution in [0.1, 0.15) is 42.4 Å². The second-order valence-corrected chi connectivity index (χ2v) is 13.6. The molecule has 1 fully saturated rings. The molecule has 3 aromatic carbocycles. The van der Waals surface area contributed by atoms with E-state index in [9.17, 15) is 22.8 Å². The quantitative estimate of drug-likeness (QED) is 0.108. The van der Waals surface area contributed by atoms with Crippen molar-refractivity contribution >= 4 is 52.2 Å². The van der Waals surface area contributed by atoms with Crippen molar-refractivity contribution in [1.82, 2.24) is 15.5 Å². The number of hydrogen-bond donors (Lipinski definition) is 2. The molecule has 0 radical (unpaired) electrons. The van der Waals surface area contributed by atoms with Crippen LogP contribution < -0.4 is 20.1 Å². The Morgan fingerprint density at radius 2 is 1.67 bits per heavy atom. The van der Waals surface area contributed by atoms with Crippen molar-refractivity contribution in [3.05, 3.63) is 98.0 Å². The fourth-order valence-corrected chi connectivity index (χ4v) is 6.54. The van der Waals surface area contributed by atoms with Crippen LogP contribution in [0.4, 0.5) is 13.2 Å². The number of benzene rings is 3. The zero-order valence-electron chi connectivity index (χ0n) is 28.4. The van der Waals surface area contributed by atoms with Gasteiger partial charge in [-0.05, 0) is 78.4 Å². The molecule has 3 aromatic rings. The van der Waals surface area contributed by atoms with E-state index in [0.717, 1.165) is 24.0 Å². The number of nitrogens with one attached hydrogen (secondary N) is 2. The summed E-state index contributed by atoms with van der Waals surface area (Å²) >= 11 is 18.9. The van der Waals surface area contributed by atoms with Gasteiger partial charge in [0.25, 0.3) is 5.91 Å². The van der Waals surface area contributed by atoms with Crippen LogP contribution in [-0.2, 0) is 32.2 Å². The first-order valence-electron chi connectivity index (χ1n) is 16.7. The van der Waals surface area contributed by atoms with E-state index in [4.69, 9.17) is 53.8 Å². The van der Waals surface area contributed by atoms with Crippen molar-refractivity contribution in [2.24, 2.45) is 0 Å². The number of methoxy groups -OCH3 is 1. The van der Waals surface area contributed by atoms with Crippen LogP contribution >= 0.6 is 34.8 Å². The Labute approximate surface area is 315 Å². The maximum atomic E-state index is 14.6. The average molecular weight is 785 g/mol. The number of hydrogen-bond acceptors (Lipinski definition) is 7. The average Bonchev–Trinajstić information content (AvgIpc) is 3.95. The molecule has 9 nitrogen and oxygen atoms in total. The molecule has 0 spiro atoms. The number of alkyl halides is 3. The summed E-state index contributed by atoms with van der Waals surface area (Å²) in [6.45, 7) is 1.39. The minimum atomic E-state index is -4.60. The molecule has 0 saturated heterocycles. The Morgan fingerprint density at radius 3 is 2.35 bits per heavy atom. The summed E-state index contributed by atoms with van der Waals surface area (Å²) in [6.07, 6.45) is -3.96. The normalized spacial score (nSPS) is 16.1. The first-order chi connectivity index (χ1) is 24.9. The predicted molar refractivity (Wildman–Crippen MR) is 193 cm³/mol. The summed E-state index contributed by atoms with van der Waals surface area (Å²) in [5.41, 5.74) is 3.48. The smallest absolute Gasteiger partial charge is 0.397 e. The summed E-state index contributed by atoms with van der Waals surface area (Å²) < 4.78 is 60.4. The number of ether oxygens (including phenoxy) is 4. The van der Waals surface area contributed by atoms with Gasteiger partial charge < -0.3 is 34.5 Å². The third-order valence-corrected chi connectivity index (χ3v) is 9.39. The molecule has 1 saturated carbocycles. The predicted octanol–water partition coefficient (Wildman–Crippen LogP) is 7.60. The summed E-state index contributed by atoms with van der Waals surface area (Å²) in [5, 5.41) is 6.95. The van der Waals surface area contributed by atoms with E-state index in [-0.39, 0.29) is 51.7 Å². The molecule has 1 heterocycles. The first-order valence-corrected chi connectivity index (χ1v) is 17.8. The molecular formula is C37H39Cl3F3N3O6. The molecule has 15 heteroatoms. The molecule has 1 aliphatic carbocycles. The SMILES string of the molecule is COCOC[C@H]1NCCC(c2ccc(OCCOc3c(Cl)cccc3Cl)cc2)=C1C(=O)N(Cc1cc(CNC(=O)CC(F)(F)F)ccc1Cl)C1CC1. The minimum Gasteiger partial charge on any atom is -0.490 e. The molecule has 1 aliphatic heterocycles. The van der Waals surface area contributed by atoms with E-state index < -0.39 is 24.5 Å². The van der Waals surface area contributed by atoms with Gasteiger partial charge in [-0.2, -0.15) is 13.2 Å². The highest BCUT2D eigenvalue weighted by Crippen LogP contribution is 2.36. The molecule has 0 aromatic heterocycles. The fraction of sp³-hybridized carbons (Fsp3) is 0.405. The lowest BCUT2D eigenvalue weighted by Gasteiger charge is -2.33. The molecule has 2 aliphatic rings. The molecule has 280 valence electrons. The van der Waals surface area contributed by atoms with E-state index in [2.05, 4.69) is 10.6 Å². The highest BCUT2D eigenvalue weighted by atomic mass is 35.5. The largest absolute Gasteiger partial charge is 0.490 e. The topological polar surface area (TPSA) is 98.4 Å². The van der Waals surface area contributed by atoms with Crippen molar-refractivity contribution in [1.29, 1.82) is 0 Å². The second-order valence-electron chi connectivity index (χ2n) is 12.4. The van der Waals surface area contributed by atoms with Crippen LogP contribution in [0.25, 0.3) is 5.57 Å². The molecule has 2 amide bonds. The van der Waals surface area contributed by atoms with Gasteiger partial charge in [0.05, 0.1) is 22.7 Å². The zero-order chi connectivity index (χ0) is 37.3. The van der Waals surface area contributed by atoms with Gasteiger partial charge in [-0.3, -0.25) is 9.59 Å². The van der Waals surface area contributed by atoms with Gasteiger partial charge in [-0.1, -0.05) is 65.1 Å². The monoisotopic (exact) mass is 783 g/mol. The Bertz CT molecular complexity index is 1720. The van der Waals surface area contributed by atoms with Gasteiger partial charge in [0.2, 0.25) is 5.91 Å². The number of carbonyl (C=O) groups is 2. The summed E-state index contributed by atoms with van der Waals surface area (Å²) in [4.78, 5) is 28.2. The van der Waals surface area contributed by atoms with E-state index in [1.807, 2.05) is 24.3 Å². The lowest BCUT2D eigenvalue weighted by Crippen LogP contribution is -2.47. The van der Waals surface area contributed by atoms with Gasteiger partial charge in [0.1, 0.15) is 32.2 Å². The maximum Gasteiger partial charge on any atom is 0.397 e. The van der Waals surface area contributed by atoms with E-state index in [1.165, 1.54) is 7.11 Å². The molecule has 1 atom stereocenters. The van der Waals surface area contributed by atoms with Crippen LogP contribution in [0.2, 0.25) is 15.1 Å². The summed E-state index contributed by atoms with van der Waals surface area (Å²) in [5.74, 6) is -0.292. The van der Waals surface area contributed by atoms with Crippen molar-refractivity contribution in [3.8, 4) is 11.5 Å². The summed E-state index contributed by atoms with van der Waals surface area (Å²) in [6, 6.07) is 17.1. The minimum absolute atomic E-state index is 0.0198. The fourth-order valence-electron chi connectivity index (χ4n) is 5.86. The number of halogens is 6. The van der Waals surface area contributed by atoms with Gasteiger partial charge in [-0.15, -0.1) is 0 Å². The zero-order valence-corrected chi connectivity index (χ0v) is 30.6. The van der Waals surface area contributed by atoms with Crippen LogP contribution in [0.15, 0.2) is 66.2 Å². The number of amides is 2. The van der Waals surface area contributed by atoms with Crippen LogP contribution in [-0.4, -0.2) is 75.2 Å². The molecule has 0 unspecified atom stereocenters. The highest BCUT2D eigenvalue weighted by Gasteiger charge is 2.39. The van der Waals surface area contributed by atoms with E-state index >= 15 is 0 Å². The Kier molecular flexibility index (Phi) is 14.1. The Hall–Kier alpha value is -3.52. The molecule has 0 bridgehead atoms. The lowest BCUT2D eigenvalue weighted by atomic mass is 9.88. The van der Waals surface area contributed by atoms with Gasteiger partial charge in [-0.25, -0.2) is 0 Å². The maximum absolute atomic E-state index is 14.6. The first kappa shape index (κ1) is 39.7. The van der Waals surface area contributed by atoms with Crippen molar-refractivity contribution < 1.29 is 41.7 Å².